The van der Waals surface area contributed by atoms with Gasteiger partial charge in [-0.15, -0.1) is 0 Å². The van der Waals surface area contributed by atoms with E-state index in [1.165, 1.54) is 18.2 Å². The third kappa shape index (κ3) is 13.3. The predicted molar refractivity (Wildman–Crippen MR) is 267 cm³/mol. The molecule has 0 aliphatic heterocycles. The summed E-state index contributed by atoms with van der Waals surface area (Å²) < 4.78 is 101. The summed E-state index contributed by atoms with van der Waals surface area (Å²) in [4.78, 5) is 54.8. The number of alkyl halides is 3. The van der Waals surface area contributed by atoms with Crippen LogP contribution in [0.3, 0.4) is 0 Å². The Morgan fingerprint density at radius 1 is 0.582 bits per heavy atom. The van der Waals surface area contributed by atoms with Crippen LogP contribution in [0, 0.1) is 32.1 Å². The lowest BCUT2D eigenvalue weighted by Crippen LogP contribution is -2.39. The van der Waals surface area contributed by atoms with Crippen molar-refractivity contribution in [3.05, 3.63) is 103 Å². The van der Waals surface area contributed by atoms with Gasteiger partial charge in [0.05, 0.1) is 16.7 Å². The first-order chi connectivity index (χ1) is 25.4. The van der Waals surface area contributed by atoms with Crippen molar-refractivity contribution in [2.24, 2.45) is 0 Å². The van der Waals surface area contributed by atoms with Gasteiger partial charge < -0.3 is 18.9 Å². The van der Waals surface area contributed by atoms with Crippen molar-refractivity contribution in [2.75, 3.05) is 5.75 Å². The molecule has 11 nitrogen and oxygen atoms in total. The Kier molecular flexibility index (Phi) is 17.9. The van der Waals surface area contributed by atoms with Crippen molar-refractivity contribution in [2.45, 2.75) is 12.3 Å². The fourth-order valence-electron chi connectivity index (χ4n) is 4.15. The van der Waals surface area contributed by atoms with Gasteiger partial charge in [0.2, 0.25) is 6.10 Å². The largest absolute Gasteiger partial charge is 0.448 e. The highest BCUT2D eigenvalue weighted by Gasteiger charge is 2.46. The van der Waals surface area contributed by atoms with Crippen LogP contribution in [0.15, 0.2) is 48.5 Å². The molecule has 0 radical (unpaired) electrons. The SMILES string of the molecule is O=C(Oc1cc(OC(=O)c2cc(I)cc(I)c2I)c(C(=O)OC(CS(=O)(=O)O)C(F)(F)F)c(OC(=O)c2cc(I)cc(I)c2I)c1)c1cc(I)cc(I)c1I. The molecule has 0 aliphatic carbocycles. The van der Waals surface area contributed by atoms with Gasteiger partial charge in [-0.1, -0.05) is 0 Å². The predicted octanol–water partition coefficient (Wildman–Crippen LogP) is 10.8. The Balaban J connectivity index is 1.99. The summed E-state index contributed by atoms with van der Waals surface area (Å²) in [5.41, 5.74) is -1.07. The van der Waals surface area contributed by atoms with Crippen molar-refractivity contribution in [3.63, 3.8) is 0 Å². The van der Waals surface area contributed by atoms with Crippen LogP contribution in [0.2, 0.25) is 0 Å². The monoisotopic (exact) mass is 1790 g/mol. The highest BCUT2D eigenvalue weighted by molar-refractivity contribution is 14.1. The average molecular weight is 1790 g/mol. The zero-order chi connectivity index (χ0) is 41.3. The molecule has 0 bridgehead atoms. The third-order valence-corrected chi connectivity index (χ3v) is 18.2. The van der Waals surface area contributed by atoms with Crippen LogP contribution in [0.1, 0.15) is 41.4 Å². The number of rotatable bonds is 10. The molecule has 4 aromatic rings. The first-order valence-corrected chi connectivity index (χ1v) is 25.2. The van der Waals surface area contributed by atoms with E-state index in [1.54, 1.807) is 18.2 Å². The first kappa shape index (κ1) is 48.7. The number of carbonyl (C=O) groups is 4. The number of esters is 4. The molecule has 1 unspecified atom stereocenters. The van der Waals surface area contributed by atoms with E-state index in [4.69, 9.17) is 14.2 Å². The standard InChI is InChI=1S/C31H12F3I9O11S/c32-31(33,34)22(9-55(48,49)50)54-30(47)23-20(52-28(45)15-2-11(36)5-18(39)25(15)42)7-13(51-27(44)14-1-10(35)4-17(38)24(14)41)8-21(23)53-29(46)16-3-12(37)6-19(40)26(16)43/h1-8,22H,9H2,(H,48,49,50). The van der Waals surface area contributed by atoms with E-state index < -0.39 is 74.8 Å². The van der Waals surface area contributed by atoms with Crippen molar-refractivity contribution < 1.29 is 64.3 Å². The van der Waals surface area contributed by atoms with Crippen LogP contribution < -0.4 is 14.2 Å². The van der Waals surface area contributed by atoms with Gasteiger partial charge >= 0.3 is 30.1 Å². The smallest absolute Gasteiger partial charge is 0.426 e. The molecular weight excluding hydrogens is 1780 g/mol. The summed E-state index contributed by atoms with van der Waals surface area (Å²) in [6.07, 6.45) is -8.96. The van der Waals surface area contributed by atoms with E-state index in [1.807, 2.05) is 203 Å². The minimum absolute atomic E-state index is 0.0392. The maximum absolute atomic E-state index is 14.0. The molecule has 4 aromatic carbocycles. The van der Waals surface area contributed by atoms with Gasteiger partial charge in [-0.2, -0.15) is 21.6 Å². The van der Waals surface area contributed by atoms with Crippen molar-refractivity contribution in [1.29, 1.82) is 0 Å². The lowest BCUT2D eigenvalue weighted by Gasteiger charge is -2.21. The van der Waals surface area contributed by atoms with Crippen molar-refractivity contribution in [1.82, 2.24) is 0 Å². The second-order valence-electron chi connectivity index (χ2n) is 10.4. The molecule has 0 aromatic heterocycles. The molecule has 0 saturated heterocycles. The molecule has 0 amide bonds. The quantitative estimate of drug-likeness (QED) is 0.0529. The Morgan fingerprint density at radius 2 is 0.927 bits per heavy atom. The lowest BCUT2D eigenvalue weighted by atomic mass is 10.1. The summed E-state index contributed by atoms with van der Waals surface area (Å²) in [6, 6.07) is 11.3. The average Bonchev–Trinajstić information content (AvgIpc) is 3.04. The van der Waals surface area contributed by atoms with Gasteiger partial charge in [-0.3, -0.25) is 4.55 Å². The van der Waals surface area contributed by atoms with E-state index >= 15 is 0 Å². The summed E-state index contributed by atoms with van der Waals surface area (Å²) in [5.74, 6) is -9.55. The molecule has 0 aliphatic rings. The normalized spacial score (nSPS) is 12.2. The molecular formula is C31H12F3I9O11S. The summed E-state index contributed by atoms with van der Waals surface area (Å²) in [7, 11) is -5.38. The zero-order valence-electron chi connectivity index (χ0n) is 25.9. The molecule has 1 N–H and O–H groups in total. The van der Waals surface area contributed by atoms with Crippen LogP contribution in [0.25, 0.3) is 0 Å². The zero-order valence-corrected chi connectivity index (χ0v) is 46.1. The molecule has 0 heterocycles. The van der Waals surface area contributed by atoms with Crippen molar-refractivity contribution in [3.8, 4) is 17.2 Å². The number of hydrogen-bond acceptors (Lipinski definition) is 10. The van der Waals surface area contributed by atoms with Crippen molar-refractivity contribution >= 4 is 237 Å². The number of halogens is 12. The summed E-state index contributed by atoms with van der Waals surface area (Å²) in [5, 5.41) is 0. The Bertz CT molecular complexity index is 2280. The van der Waals surface area contributed by atoms with Gasteiger partial charge in [-0.05, 0) is 240 Å². The third-order valence-electron chi connectivity index (χ3n) is 6.47. The summed E-state index contributed by atoms with van der Waals surface area (Å²) in [6.45, 7) is 0. The fraction of sp³-hybridized carbons (Fsp3) is 0.0968. The number of benzene rings is 4. The molecule has 4 rings (SSSR count). The van der Waals surface area contributed by atoms with Crippen LogP contribution in [0.4, 0.5) is 13.2 Å². The van der Waals surface area contributed by atoms with E-state index in [-0.39, 0.29) is 16.7 Å². The van der Waals surface area contributed by atoms with Gasteiger partial charge in [0.15, 0.2) is 11.5 Å². The van der Waals surface area contributed by atoms with Gasteiger partial charge in [0.1, 0.15) is 17.1 Å². The maximum Gasteiger partial charge on any atom is 0.426 e. The number of carbonyl (C=O) groups excluding carboxylic acids is 4. The molecule has 55 heavy (non-hydrogen) atoms. The van der Waals surface area contributed by atoms with E-state index in [2.05, 4.69) is 4.74 Å². The topological polar surface area (TPSA) is 160 Å². The fourth-order valence-corrected chi connectivity index (χ4v) is 11.9. The molecule has 0 fully saturated rings. The van der Waals surface area contributed by atoms with E-state index in [0.717, 1.165) is 12.1 Å². The minimum Gasteiger partial charge on any atom is -0.448 e. The first-order valence-electron chi connectivity index (χ1n) is 13.9. The highest BCUT2D eigenvalue weighted by Crippen LogP contribution is 2.39. The van der Waals surface area contributed by atoms with E-state index in [0.29, 0.717) is 32.1 Å². The molecule has 24 heteroatoms. The van der Waals surface area contributed by atoms with Gasteiger partial charge in [0, 0.05) is 44.3 Å². The van der Waals surface area contributed by atoms with Crippen LogP contribution in [0.5, 0.6) is 17.2 Å². The van der Waals surface area contributed by atoms with Crippen LogP contribution >= 0.6 is 203 Å². The van der Waals surface area contributed by atoms with Crippen LogP contribution in [-0.2, 0) is 14.9 Å². The summed E-state index contributed by atoms with van der Waals surface area (Å²) >= 11 is 17.5. The second-order valence-corrected chi connectivity index (χ2v) is 22.4. The Hall–Kier alpha value is 1.03. The lowest BCUT2D eigenvalue weighted by molar-refractivity contribution is -0.197. The molecule has 0 spiro atoms. The molecule has 292 valence electrons. The highest BCUT2D eigenvalue weighted by atomic mass is 127. The minimum atomic E-state index is -5.53. The number of hydrogen-bond donors (Lipinski definition) is 1. The molecule has 0 saturated carbocycles. The molecule has 1 atom stereocenters. The maximum atomic E-state index is 14.0. The Labute approximate surface area is 432 Å². The Morgan fingerprint density at radius 3 is 1.25 bits per heavy atom. The second kappa shape index (κ2) is 20.3. The van der Waals surface area contributed by atoms with E-state index in [9.17, 15) is 45.3 Å². The van der Waals surface area contributed by atoms with Gasteiger partial charge in [-0.25, -0.2) is 19.2 Å². The van der Waals surface area contributed by atoms with Gasteiger partial charge in [0.25, 0.3) is 10.1 Å². The van der Waals surface area contributed by atoms with Crippen LogP contribution in [-0.4, -0.2) is 54.9 Å². The number of ether oxygens (including phenoxy) is 4.